The Bertz CT molecular complexity index is 1450. The van der Waals surface area contributed by atoms with Gasteiger partial charge in [0.05, 0.1) is 166 Å². The van der Waals surface area contributed by atoms with Crippen molar-refractivity contribution < 1.29 is 52.1 Å². The molecule has 296 valence electrons. The molecule has 0 bridgehead atoms. The van der Waals surface area contributed by atoms with Gasteiger partial charge in [0, 0.05) is 0 Å². The summed E-state index contributed by atoms with van der Waals surface area (Å²) in [5.41, 5.74) is 0. The maximum Gasteiger partial charge on any atom is 0.224 e. The number of nitriles is 8. The minimum atomic E-state index is -1.94. The van der Waals surface area contributed by atoms with Gasteiger partial charge in [0.2, 0.25) is 5.79 Å². The Balaban J connectivity index is 2.74. The summed E-state index contributed by atoms with van der Waals surface area (Å²) in [4.78, 5) is 0. The molecule has 2 heterocycles. The predicted octanol–water partition coefficient (Wildman–Crippen LogP) is 2.11. The van der Waals surface area contributed by atoms with Crippen LogP contribution in [0, 0.1) is 90.6 Å². The summed E-state index contributed by atoms with van der Waals surface area (Å²) in [5.74, 6) is -1.94. The van der Waals surface area contributed by atoms with Gasteiger partial charge >= 0.3 is 0 Å². The van der Waals surface area contributed by atoms with Crippen LogP contribution >= 0.6 is 0 Å². The van der Waals surface area contributed by atoms with E-state index in [-0.39, 0.29) is 124 Å². The quantitative estimate of drug-likeness (QED) is 0.0984. The lowest BCUT2D eigenvalue weighted by atomic mass is 9.97. The van der Waals surface area contributed by atoms with E-state index in [1.54, 1.807) is 0 Å². The Hall–Kier alpha value is -4.52. The van der Waals surface area contributed by atoms with E-state index in [4.69, 9.17) is 62.6 Å². The first-order chi connectivity index (χ1) is 27.0. The molecule has 9 atom stereocenters. The van der Waals surface area contributed by atoms with Crippen molar-refractivity contribution in [3.05, 3.63) is 0 Å². The van der Waals surface area contributed by atoms with Crippen LogP contribution in [0.4, 0.5) is 0 Å². The van der Waals surface area contributed by atoms with E-state index in [1.807, 2.05) is 48.6 Å². The average Bonchev–Trinajstić information content (AvgIpc) is 3.46. The van der Waals surface area contributed by atoms with Gasteiger partial charge in [-0.1, -0.05) is 0 Å². The van der Waals surface area contributed by atoms with E-state index in [0.717, 1.165) is 0 Å². The molecular formula is C36H46N8O11. The number of hydrogen-bond acceptors (Lipinski definition) is 19. The molecule has 0 aliphatic carbocycles. The zero-order valence-electron chi connectivity index (χ0n) is 30.6. The molecule has 2 rings (SSSR count). The summed E-state index contributed by atoms with van der Waals surface area (Å²) in [7, 11) is 0. The molecule has 2 aliphatic heterocycles. The van der Waals surface area contributed by atoms with Gasteiger partial charge in [0.1, 0.15) is 49.3 Å². The van der Waals surface area contributed by atoms with E-state index >= 15 is 0 Å². The zero-order valence-corrected chi connectivity index (χ0v) is 30.6. The largest absolute Gasteiger partial charge is 0.378 e. The molecule has 0 amide bonds. The van der Waals surface area contributed by atoms with Gasteiger partial charge in [-0.25, -0.2) is 0 Å². The second kappa shape index (κ2) is 28.9. The van der Waals surface area contributed by atoms with E-state index < -0.39 is 54.8 Å². The monoisotopic (exact) mass is 766 g/mol. The summed E-state index contributed by atoms with van der Waals surface area (Å²) in [6.45, 7) is -0.905. The topological polar surface area (TPSA) is 292 Å². The van der Waals surface area contributed by atoms with Crippen LogP contribution < -0.4 is 0 Å². The summed E-state index contributed by atoms with van der Waals surface area (Å²) in [6.07, 6.45) is -8.57. The highest BCUT2D eigenvalue weighted by molar-refractivity contribution is 5.02. The maximum absolute atomic E-state index is 9.37. The van der Waals surface area contributed by atoms with Gasteiger partial charge in [-0.3, -0.25) is 0 Å². The van der Waals surface area contributed by atoms with Crippen molar-refractivity contribution in [2.24, 2.45) is 0 Å². The Morgan fingerprint density at radius 3 is 1.33 bits per heavy atom. The molecular weight excluding hydrogens is 720 g/mol. The van der Waals surface area contributed by atoms with Gasteiger partial charge in [0.15, 0.2) is 6.29 Å². The first-order valence-electron chi connectivity index (χ1n) is 17.8. The fraction of sp³-hybridized carbons (Fsp3) is 0.778. The van der Waals surface area contributed by atoms with E-state index in [9.17, 15) is 31.6 Å². The Morgan fingerprint density at radius 1 is 0.418 bits per heavy atom. The maximum atomic E-state index is 9.37. The van der Waals surface area contributed by atoms with Crippen molar-refractivity contribution in [1.29, 1.82) is 42.1 Å². The fourth-order valence-electron chi connectivity index (χ4n) is 5.66. The average molecular weight is 767 g/mol. The Labute approximate surface area is 321 Å². The van der Waals surface area contributed by atoms with Crippen molar-refractivity contribution in [1.82, 2.24) is 0 Å². The van der Waals surface area contributed by atoms with E-state index in [2.05, 4.69) is 0 Å². The molecule has 0 spiro atoms. The van der Waals surface area contributed by atoms with E-state index in [1.165, 1.54) is 0 Å². The fourth-order valence-corrected chi connectivity index (χ4v) is 5.66. The summed E-state index contributed by atoms with van der Waals surface area (Å²) < 4.78 is 68.3. The Morgan fingerprint density at radius 2 is 0.818 bits per heavy atom. The highest BCUT2D eigenvalue weighted by atomic mass is 16.8. The molecule has 0 aromatic heterocycles. The standard InChI is InChI=1S/C36H46N8O11/c37-9-1-17-45-25-28-30(48-20-4-12-40)32(50-22-6-14-42)33(51-23-7-15-43)35(53-28)55-36(27-47-19-3-11-39)34(52-24-8-16-44)31(49-21-5-13-41)29(54-36)26-46-18-2-10-38/h28-35H,1-8,17-27H2/t28-,29-,30-,31-,32+,33-,34-,35-,36+/m1/s1. The van der Waals surface area contributed by atoms with Crippen LogP contribution in [0.5, 0.6) is 0 Å². The van der Waals surface area contributed by atoms with Gasteiger partial charge in [-0.05, 0) is 0 Å². The van der Waals surface area contributed by atoms with Gasteiger partial charge < -0.3 is 52.1 Å². The third-order valence-electron chi connectivity index (χ3n) is 7.91. The first-order valence-corrected chi connectivity index (χ1v) is 17.8. The molecule has 2 fully saturated rings. The molecule has 0 aromatic rings. The SMILES string of the molecule is N#CCCOC[C@H]1O[C@H](O[C@]2(COCCC#N)O[C@H](COCCC#N)[C@@H](OCCC#N)[C@H]2OCCC#N)[C@H](OCCC#N)[C@@H](OCCC#N)[C@@H]1OCCC#N. The molecule has 19 heteroatoms. The van der Waals surface area contributed by atoms with Crippen LogP contribution in [0.3, 0.4) is 0 Å². The number of nitrogens with zero attached hydrogens (tertiary/aromatic N) is 8. The molecule has 19 nitrogen and oxygen atoms in total. The lowest BCUT2D eigenvalue weighted by Crippen LogP contribution is -2.65. The first kappa shape index (κ1) is 46.6. The minimum Gasteiger partial charge on any atom is -0.378 e. The van der Waals surface area contributed by atoms with Crippen LogP contribution in [0.15, 0.2) is 0 Å². The van der Waals surface area contributed by atoms with E-state index in [0.29, 0.717) is 0 Å². The lowest BCUT2D eigenvalue weighted by Gasteiger charge is -2.48. The summed E-state index contributed by atoms with van der Waals surface area (Å²) >= 11 is 0. The zero-order chi connectivity index (χ0) is 40.0. The van der Waals surface area contributed by atoms with Crippen LogP contribution in [-0.2, 0) is 52.1 Å². The molecule has 0 aromatic carbocycles. The van der Waals surface area contributed by atoms with Crippen molar-refractivity contribution in [2.75, 3.05) is 72.7 Å². The third-order valence-corrected chi connectivity index (χ3v) is 7.91. The highest BCUT2D eigenvalue weighted by Crippen LogP contribution is 2.41. The number of ether oxygens (including phenoxy) is 11. The van der Waals surface area contributed by atoms with Gasteiger partial charge in [0.25, 0.3) is 0 Å². The number of rotatable bonds is 29. The molecule has 0 saturated carbocycles. The highest BCUT2D eigenvalue weighted by Gasteiger charge is 2.61. The molecule has 2 saturated heterocycles. The normalized spacial score (nSPS) is 26.9. The summed E-state index contributed by atoms with van der Waals surface area (Å²) in [5, 5.41) is 73.9. The Kier molecular flexibility index (Phi) is 24.5. The molecule has 2 aliphatic rings. The molecule has 55 heavy (non-hydrogen) atoms. The second-order valence-electron chi connectivity index (χ2n) is 11.7. The molecule has 0 N–H and O–H groups in total. The lowest BCUT2D eigenvalue weighted by molar-refractivity contribution is -0.395. The van der Waals surface area contributed by atoms with Crippen LogP contribution in [0.2, 0.25) is 0 Å². The molecule has 0 unspecified atom stereocenters. The van der Waals surface area contributed by atoms with Crippen LogP contribution in [-0.4, -0.2) is 127 Å². The van der Waals surface area contributed by atoms with Gasteiger partial charge in [-0.2, -0.15) is 42.1 Å². The summed E-state index contributed by atoms with van der Waals surface area (Å²) in [6, 6.07) is 16.1. The van der Waals surface area contributed by atoms with Crippen molar-refractivity contribution in [2.45, 2.75) is 106 Å². The molecule has 0 radical (unpaired) electrons. The second-order valence-corrected chi connectivity index (χ2v) is 11.7. The van der Waals surface area contributed by atoms with Crippen molar-refractivity contribution >= 4 is 0 Å². The third kappa shape index (κ3) is 16.0. The van der Waals surface area contributed by atoms with Crippen LogP contribution in [0.1, 0.15) is 51.4 Å². The van der Waals surface area contributed by atoms with Gasteiger partial charge in [-0.15, -0.1) is 0 Å². The van der Waals surface area contributed by atoms with Crippen LogP contribution in [0.25, 0.3) is 0 Å². The smallest absolute Gasteiger partial charge is 0.224 e. The van der Waals surface area contributed by atoms with Crippen molar-refractivity contribution in [3.63, 3.8) is 0 Å². The predicted molar refractivity (Wildman–Crippen MR) is 180 cm³/mol. The minimum absolute atomic E-state index is 0.00810. The van der Waals surface area contributed by atoms with Crippen molar-refractivity contribution in [3.8, 4) is 48.6 Å². The number of hydrogen-bond donors (Lipinski definition) is 0.